The number of hydrogen-bond donors (Lipinski definition) is 1. The lowest BCUT2D eigenvalue weighted by Crippen LogP contribution is -2.34. The van der Waals surface area contributed by atoms with Crippen LogP contribution in [-0.2, 0) is 11.2 Å². The fraction of sp³-hybridized carbons (Fsp3) is 0.533. The maximum atomic E-state index is 11.8. The molecule has 1 aromatic carbocycles. The summed E-state index contributed by atoms with van der Waals surface area (Å²) in [6, 6.07) is 8.02. The summed E-state index contributed by atoms with van der Waals surface area (Å²) in [5.41, 5.74) is 0.770. The molecule has 1 amide bonds. The molecule has 0 aliphatic heterocycles. The highest BCUT2D eigenvalue weighted by molar-refractivity contribution is 7.80. The number of ether oxygens (including phenoxy) is 1. The lowest BCUT2D eigenvalue weighted by atomic mass is 10.1. The molecule has 3 nitrogen and oxygen atoms in total. The molecule has 0 radical (unpaired) electrons. The van der Waals surface area contributed by atoms with Crippen molar-refractivity contribution in [3.8, 4) is 0 Å². The van der Waals surface area contributed by atoms with Gasteiger partial charge >= 0.3 is 6.09 Å². The van der Waals surface area contributed by atoms with E-state index in [1.807, 2.05) is 39.0 Å². The zero-order valence-corrected chi connectivity index (χ0v) is 13.0. The van der Waals surface area contributed by atoms with Crippen molar-refractivity contribution in [3.63, 3.8) is 0 Å². The molecule has 0 bridgehead atoms. The van der Waals surface area contributed by atoms with Gasteiger partial charge in [-0.1, -0.05) is 18.2 Å². The van der Waals surface area contributed by atoms with Gasteiger partial charge in [-0.2, -0.15) is 0 Å². The fourth-order valence-electron chi connectivity index (χ4n) is 1.66. The average Bonchev–Trinajstić information content (AvgIpc) is 2.29. The quantitative estimate of drug-likeness (QED) is 0.851. The Kier molecular flexibility index (Phi) is 5.73. The van der Waals surface area contributed by atoms with Crippen LogP contribution >= 0.6 is 12.6 Å². The largest absolute Gasteiger partial charge is 0.444 e. The smallest absolute Gasteiger partial charge is 0.410 e. The van der Waals surface area contributed by atoms with Crippen LogP contribution in [0, 0.1) is 0 Å². The molecule has 4 heteroatoms. The van der Waals surface area contributed by atoms with Crippen molar-refractivity contribution in [3.05, 3.63) is 29.8 Å². The first kappa shape index (κ1) is 15.9. The predicted octanol–water partition coefficient (Wildman–Crippen LogP) is 3.77. The summed E-state index contributed by atoms with van der Waals surface area (Å²) in [6.07, 6.45) is 1.53. The van der Waals surface area contributed by atoms with E-state index in [1.54, 1.807) is 11.9 Å². The molecular weight excluding hydrogens is 258 g/mol. The van der Waals surface area contributed by atoms with Crippen LogP contribution in [0.15, 0.2) is 29.2 Å². The first-order valence-electron chi connectivity index (χ1n) is 6.50. The van der Waals surface area contributed by atoms with E-state index in [0.29, 0.717) is 6.54 Å². The second kappa shape index (κ2) is 6.85. The summed E-state index contributed by atoms with van der Waals surface area (Å²) in [5.74, 6) is 0. The maximum Gasteiger partial charge on any atom is 0.410 e. The zero-order valence-electron chi connectivity index (χ0n) is 12.1. The van der Waals surface area contributed by atoms with E-state index >= 15 is 0 Å². The summed E-state index contributed by atoms with van der Waals surface area (Å²) in [5, 5.41) is 0. The van der Waals surface area contributed by atoms with Gasteiger partial charge in [-0.3, -0.25) is 0 Å². The lowest BCUT2D eigenvalue weighted by molar-refractivity contribution is 0.0297. The molecule has 0 spiro atoms. The molecule has 106 valence electrons. The van der Waals surface area contributed by atoms with Crippen LogP contribution in [0.4, 0.5) is 4.79 Å². The van der Waals surface area contributed by atoms with Crippen LogP contribution in [0.25, 0.3) is 0 Å². The highest BCUT2D eigenvalue weighted by atomic mass is 32.1. The third kappa shape index (κ3) is 6.01. The standard InChI is InChI=1S/C15H23NO2S/c1-15(2,3)18-14(17)16(4)11-7-9-12-8-5-6-10-13(12)19/h5-6,8,10,19H,7,9,11H2,1-4H3. The van der Waals surface area contributed by atoms with Crippen molar-refractivity contribution in [1.82, 2.24) is 4.90 Å². The number of nitrogens with zero attached hydrogens (tertiary/aromatic N) is 1. The minimum absolute atomic E-state index is 0.272. The Labute approximate surface area is 121 Å². The van der Waals surface area contributed by atoms with Gasteiger partial charge < -0.3 is 9.64 Å². The summed E-state index contributed by atoms with van der Waals surface area (Å²) in [4.78, 5) is 14.4. The van der Waals surface area contributed by atoms with Gasteiger partial charge in [-0.25, -0.2) is 4.79 Å². The SMILES string of the molecule is CN(CCCc1ccccc1S)C(=O)OC(C)(C)C. The second-order valence-corrected chi connectivity index (χ2v) is 6.12. The Hall–Kier alpha value is -1.16. The molecule has 1 aromatic rings. The number of hydrogen-bond acceptors (Lipinski definition) is 3. The Balaban J connectivity index is 2.37. The fourth-order valence-corrected chi connectivity index (χ4v) is 1.93. The van der Waals surface area contributed by atoms with Crippen LogP contribution in [0.2, 0.25) is 0 Å². The maximum absolute atomic E-state index is 11.8. The summed E-state index contributed by atoms with van der Waals surface area (Å²) < 4.78 is 5.30. The van der Waals surface area contributed by atoms with Gasteiger partial charge in [0.05, 0.1) is 0 Å². The van der Waals surface area contributed by atoms with Gasteiger partial charge in [0.25, 0.3) is 0 Å². The first-order chi connectivity index (χ1) is 8.79. The number of rotatable bonds is 4. The topological polar surface area (TPSA) is 29.5 Å². The summed E-state index contributed by atoms with van der Waals surface area (Å²) in [7, 11) is 1.76. The molecule has 0 N–H and O–H groups in total. The third-order valence-corrected chi connectivity index (χ3v) is 3.07. The van der Waals surface area contributed by atoms with E-state index in [9.17, 15) is 4.79 Å². The third-order valence-electron chi connectivity index (χ3n) is 2.64. The molecule has 0 fully saturated rings. The highest BCUT2D eigenvalue weighted by Crippen LogP contribution is 2.15. The summed E-state index contributed by atoms with van der Waals surface area (Å²) >= 11 is 4.41. The number of carbonyl (C=O) groups is 1. The Morgan fingerprint density at radius 3 is 2.53 bits per heavy atom. The van der Waals surface area contributed by atoms with E-state index in [-0.39, 0.29) is 6.09 Å². The van der Waals surface area contributed by atoms with Crippen molar-refractivity contribution < 1.29 is 9.53 Å². The van der Waals surface area contributed by atoms with Crippen LogP contribution in [-0.4, -0.2) is 30.2 Å². The number of carbonyl (C=O) groups excluding carboxylic acids is 1. The van der Waals surface area contributed by atoms with E-state index in [1.165, 1.54) is 5.56 Å². The van der Waals surface area contributed by atoms with Crippen LogP contribution in [0.1, 0.15) is 32.8 Å². The Morgan fingerprint density at radius 1 is 1.32 bits per heavy atom. The van der Waals surface area contributed by atoms with E-state index in [4.69, 9.17) is 4.74 Å². The molecule has 0 aliphatic carbocycles. The number of amides is 1. The number of thiol groups is 1. The molecule has 0 aliphatic rings. The van der Waals surface area contributed by atoms with Gasteiger partial charge in [0.1, 0.15) is 5.60 Å². The van der Waals surface area contributed by atoms with Crippen LogP contribution < -0.4 is 0 Å². The van der Waals surface area contributed by atoms with Gasteiger partial charge in [-0.05, 0) is 45.2 Å². The average molecular weight is 281 g/mol. The van der Waals surface area contributed by atoms with Crippen molar-refractivity contribution in [2.24, 2.45) is 0 Å². The van der Waals surface area contributed by atoms with E-state index < -0.39 is 5.60 Å². The molecule has 19 heavy (non-hydrogen) atoms. The van der Waals surface area contributed by atoms with Crippen molar-refractivity contribution in [1.29, 1.82) is 0 Å². The summed E-state index contributed by atoms with van der Waals surface area (Å²) in [6.45, 7) is 6.29. The molecule has 1 rings (SSSR count). The molecule has 0 aromatic heterocycles. The van der Waals surface area contributed by atoms with Gasteiger partial charge in [-0.15, -0.1) is 12.6 Å². The van der Waals surface area contributed by atoms with Crippen LogP contribution in [0.3, 0.4) is 0 Å². The zero-order chi connectivity index (χ0) is 14.5. The van der Waals surface area contributed by atoms with Gasteiger partial charge in [0, 0.05) is 18.5 Å². The minimum atomic E-state index is -0.441. The monoisotopic (exact) mass is 281 g/mol. The molecule has 0 saturated heterocycles. The van der Waals surface area contributed by atoms with Gasteiger partial charge in [0.15, 0.2) is 0 Å². The number of aryl methyl sites for hydroxylation is 1. The normalized spacial score (nSPS) is 11.2. The van der Waals surface area contributed by atoms with Gasteiger partial charge in [0.2, 0.25) is 0 Å². The molecule has 0 heterocycles. The minimum Gasteiger partial charge on any atom is -0.444 e. The highest BCUT2D eigenvalue weighted by Gasteiger charge is 2.19. The Morgan fingerprint density at radius 2 is 1.95 bits per heavy atom. The van der Waals surface area contributed by atoms with E-state index in [2.05, 4.69) is 18.7 Å². The lowest BCUT2D eigenvalue weighted by Gasteiger charge is -2.24. The van der Waals surface area contributed by atoms with Crippen molar-refractivity contribution in [2.45, 2.75) is 44.1 Å². The molecular formula is C15H23NO2S. The molecule has 0 saturated carbocycles. The second-order valence-electron chi connectivity index (χ2n) is 5.63. The van der Waals surface area contributed by atoms with Crippen molar-refractivity contribution >= 4 is 18.7 Å². The van der Waals surface area contributed by atoms with Crippen molar-refractivity contribution in [2.75, 3.05) is 13.6 Å². The van der Waals surface area contributed by atoms with Crippen LogP contribution in [0.5, 0.6) is 0 Å². The van der Waals surface area contributed by atoms with E-state index in [0.717, 1.165) is 17.7 Å². The first-order valence-corrected chi connectivity index (χ1v) is 6.95. The number of benzene rings is 1. The Bertz CT molecular complexity index is 426. The molecule has 0 unspecified atom stereocenters. The predicted molar refractivity (Wildman–Crippen MR) is 80.9 cm³/mol. The molecule has 0 atom stereocenters.